The second-order valence-electron chi connectivity index (χ2n) is 4.75. The fourth-order valence-electron chi connectivity index (χ4n) is 2.61. The van der Waals surface area contributed by atoms with Crippen LogP contribution in [0.15, 0.2) is 42.6 Å². The van der Waals surface area contributed by atoms with E-state index in [0.717, 1.165) is 18.5 Å². The predicted molar refractivity (Wildman–Crippen MR) is 76.5 cm³/mol. The lowest BCUT2D eigenvalue weighted by atomic mass is 10.1. The van der Waals surface area contributed by atoms with Gasteiger partial charge in [0.05, 0.1) is 24.5 Å². The zero-order valence-corrected chi connectivity index (χ0v) is 11.1. The first-order chi connectivity index (χ1) is 9.36. The summed E-state index contributed by atoms with van der Waals surface area (Å²) in [6.45, 7) is 2.61. The number of nitrogens with one attached hydrogen (secondary N) is 1. The third kappa shape index (κ3) is 2.55. The molecule has 3 rings (SSSR count). The molecule has 0 saturated carbocycles. The highest BCUT2D eigenvalue weighted by molar-refractivity contribution is 5.47. The molecule has 1 unspecified atom stereocenters. The molecular weight excluding hydrogens is 236 g/mol. The van der Waals surface area contributed by atoms with E-state index < -0.39 is 0 Å². The first-order valence-corrected chi connectivity index (χ1v) is 6.80. The Morgan fingerprint density at radius 1 is 1.26 bits per heavy atom. The molecule has 19 heavy (non-hydrogen) atoms. The molecule has 3 heteroatoms. The van der Waals surface area contributed by atoms with Crippen LogP contribution in [-0.4, -0.2) is 11.6 Å². The van der Waals surface area contributed by atoms with E-state index in [2.05, 4.69) is 34.6 Å². The van der Waals surface area contributed by atoms with Crippen LogP contribution in [0.3, 0.4) is 0 Å². The zero-order chi connectivity index (χ0) is 13.1. The fraction of sp³-hybridized carbons (Fsp3) is 0.312. The van der Waals surface area contributed by atoms with Gasteiger partial charge in [-0.25, -0.2) is 4.98 Å². The van der Waals surface area contributed by atoms with E-state index in [1.54, 1.807) is 0 Å². The van der Waals surface area contributed by atoms with E-state index in [0.29, 0.717) is 18.5 Å². The van der Waals surface area contributed by atoms with Gasteiger partial charge in [0, 0.05) is 6.07 Å². The van der Waals surface area contributed by atoms with Crippen LogP contribution >= 0.6 is 0 Å². The highest BCUT2D eigenvalue weighted by atomic mass is 16.5. The number of rotatable bonds is 4. The van der Waals surface area contributed by atoms with E-state index in [1.165, 1.54) is 11.1 Å². The molecule has 1 aliphatic rings. The molecule has 0 amide bonds. The highest BCUT2D eigenvalue weighted by Crippen LogP contribution is 2.33. The number of aryl methyl sites for hydroxylation is 1. The normalized spacial score (nSPS) is 17.0. The lowest BCUT2D eigenvalue weighted by Gasteiger charge is -2.15. The second kappa shape index (κ2) is 5.31. The van der Waals surface area contributed by atoms with E-state index in [1.807, 2.05) is 25.3 Å². The summed E-state index contributed by atoms with van der Waals surface area (Å²) in [5, 5.41) is 3.55. The molecule has 1 atom stereocenters. The van der Waals surface area contributed by atoms with E-state index >= 15 is 0 Å². The van der Waals surface area contributed by atoms with Crippen molar-refractivity contribution in [2.75, 3.05) is 11.9 Å². The summed E-state index contributed by atoms with van der Waals surface area (Å²) in [4.78, 5) is 4.28. The summed E-state index contributed by atoms with van der Waals surface area (Å²) in [7, 11) is 0. The summed E-state index contributed by atoms with van der Waals surface area (Å²) in [6, 6.07) is 13.0. The van der Waals surface area contributed by atoms with Crippen molar-refractivity contribution in [2.24, 2.45) is 0 Å². The summed E-state index contributed by atoms with van der Waals surface area (Å²) < 4.78 is 5.35. The summed E-state index contributed by atoms with van der Waals surface area (Å²) in [5.41, 5.74) is 3.92. The molecule has 1 aromatic heterocycles. The zero-order valence-electron chi connectivity index (χ0n) is 11.1. The van der Waals surface area contributed by atoms with Crippen molar-refractivity contribution in [2.45, 2.75) is 25.8 Å². The van der Waals surface area contributed by atoms with Gasteiger partial charge >= 0.3 is 0 Å². The summed E-state index contributed by atoms with van der Waals surface area (Å²) >= 11 is 0. The van der Waals surface area contributed by atoms with Gasteiger partial charge in [-0.1, -0.05) is 24.3 Å². The van der Waals surface area contributed by atoms with Crippen molar-refractivity contribution in [1.29, 1.82) is 0 Å². The van der Waals surface area contributed by atoms with Gasteiger partial charge in [0.15, 0.2) is 0 Å². The van der Waals surface area contributed by atoms with Gasteiger partial charge in [0.2, 0.25) is 5.88 Å². The van der Waals surface area contributed by atoms with E-state index in [9.17, 15) is 0 Å². The molecule has 1 aliphatic carbocycles. The molecule has 2 aromatic rings. The van der Waals surface area contributed by atoms with Gasteiger partial charge in [-0.3, -0.25) is 0 Å². The Morgan fingerprint density at radius 3 is 2.95 bits per heavy atom. The van der Waals surface area contributed by atoms with Crippen molar-refractivity contribution >= 4 is 5.69 Å². The molecule has 0 fully saturated rings. The Hall–Kier alpha value is -2.03. The number of pyridine rings is 1. The van der Waals surface area contributed by atoms with Gasteiger partial charge in [-0.2, -0.15) is 0 Å². The molecule has 98 valence electrons. The Morgan fingerprint density at radius 2 is 2.16 bits per heavy atom. The smallest absolute Gasteiger partial charge is 0.213 e. The molecule has 0 aliphatic heterocycles. The SMILES string of the molecule is CCOc1ccc(NC2CCc3ccccc32)cn1. The largest absolute Gasteiger partial charge is 0.478 e. The average molecular weight is 254 g/mol. The maximum atomic E-state index is 5.35. The molecular formula is C16H18N2O. The van der Waals surface area contributed by atoms with Crippen molar-refractivity contribution in [3.05, 3.63) is 53.7 Å². The Kier molecular flexibility index (Phi) is 3.36. The molecule has 1 N–H and O–H groups in total. The lowest BCUT2D eigenvalue weighted by Crippen LogP contribution is -2.07. The Balaban J connectivity index is 1.72. The second-order valence-corrected chi connectivity index (χ2v) is 4.75. The van der Waals surface area contributed by atoms with Crippen LogP contribution in [0.25, 0.3) is 0 Å². The maximum absolute atomic E-state index is 5.35. The minimum Gasteiger partial charge on any atom is -0.478 e. The molecule has 0 saturated heterocycles. The first kappa shape index (κ1) is 12.0. The van der Waals surface area contributed by atoms with Crippen LogP contribution in [-0.2, 0) is 6.42 Å². The number of ether oxygens (including phenoxy) is 1. The molecule has 3 nitrogen and oxygen atoms in total. The van der Waals surface area contributed by atoms with Gasteiger partial charge in [0.25, 0.3) is 0 Å². The van der Waals surface area contributed by atoms with Gasteiger partial charge in [-0.05, 0) is 37.0 Å². The number of aromatic nitrogens is 1. The van der Waals surface area contributed by atoms with Crippen LogP contribution in [0.4, 0.5) is 5.69 Å². The third-order valence-corrected chi connectivity index (χ3v) is 3.50. The first-order valence-electron chi connectivity index (χ1n) is 6.80. The van der Waals surface area contributed by atoms with Crippen LogP contribution in [0, 0.1) is 0 Å². The maximum Gasteiger partial charge on any atom is 0.213 e. The minimum atomic E-state index is 0.399. The van der Waals surface area contributed by atoms with Gasteiger partial charge < -0.3 is 10.1 Å². The van der Waals surface area contributed by atoms with Crippen LogP contribution in [0.1, 0.15) is 30.5 Å². The molecule has 1 aromatic carbocycles. The van der Waals surface area contributed by atoms with Crippen molar-refractivity contribution in [3.63, 3.8) is 0 Å². The van der Waals surface area contributed by atoms with Gasteiger partial charge in [-0.15, -0.1) is 0 Å². The van der Waals surface area contributed by atoms with Crippen molar-refractivity contribution in [3.8, 4) is 5.88 Å². The number of hydrogen-bond acceptors (Lipinski definition) is 3. The average Bonchev–Trinajstić information content (AvgIpc) is 2.85. The standard InChI is InChI=1S/C16H18N2O/c1-2-19-16-10-8-13(11-17-16)18-15-9-7-12-5-3-4-6-14(12)15/h3-6,8,10-11,15,18H,2,7,9H2,1H3. The minimum absolute atomic E-state index is 0.399. The number of hydrogen-bond donors (Lipinski definition) is 1. The molecule has 0 radical (unpaired) electrons. The van der Waals surface area contributed by atoms with Crippen molar-refractivity contribution < 1.29 is 4.74 Å². The van der Waals surface area contributed by atoms with Gasteiger partial charge in [0.1, 0.15) is 0 Å². The highest BCUT2D eigenvalue weighted by Gasteiger charge is 2.21. The number of benzene rings is 1. The van der Waals surface area contributed by atoms with E-state index in [4.69, 9.17) is 4.74 Å². The number of anilines is 1. The third-order valence-electron chi connectivity index (χ3n) is 3.50. The van der Waals surface area contributed by atoms with Crippen LogP contribution < -0.4 is 10.1 Å². The Labute approximate surface area is 113 Å². The quantitative estimate of drug-likeness (QED) is 0.905. The molecule has 1 heterocycles. The van der Waals surface area contributed by atoms with Crippen molar-refractivity contribution in [1.82, 2.24) is 4.98 Å². The fourth-order valence-corrected chi connectivity index (χ4v) is 2.61. The predicted octanol–water partition coefficient (Wildman–Crippen LogP) is 3.58. The van der Waals surface area contributed by atoms with E-state index in [-0.39, 0.29) is 0 Å². The lowest BCUT2D eigenvalue weighted by molar-refractivity contribution is 0.327. The van der Waals surface area contributed by atoms with Crippen LogP contribution in [0.5, 0.6) is 5.88 Å². The number of fused-ring (bicyclic) bond motifs is 1. The number of nitrogens with zero attached hydrogens (tertiary/aromatic N) is 1. The topological polar surface area (TPSA) is 34.1 Å². The summed E-state index contributed by atoms with van der Waals surface area (Å²) in [6.07, 6.45) is 4.14. The monoisotopic (exact) mass is 254 g/mol. The Bertz CT molecular complexity index is 551. The molecule has 0 bridgehead atoms. The summed E-state index contributed by atoms with van der Waals surface area (Å²) in [5.74, 6) is 0.680. The molecule has 0 spiro atoms. The van der Waals surface area contributed by atoms with Crippen LogP contribution in [0.2, 0.25) is 0 Å².